The Morgan fingerprint density at radius 3 is 2.76 bits per heavy atom. The Morgan fingerprint density at radius 2 is 2.09 bits per heavy atom. The minimum atomic E-state index is -0.497. The van der Waals surface area contributed by atoms with Gasteiger partial charge in [0.05, 0.1) is 12.3 Å². The van der Waals surface area contributed by atoms with Crippen molar-refractivity contribution in [1.82, 2.24) is 10.3 Å². The van der Waals surface area contributed by atoms with Gasteiger partial charge in [-0.1, -0.05) is 30.2 Å². The fourth-order valence-corrected chi connectivity index (χ4v) is 3.06. The van der Waals surface area contributed by atoms with Gasteiger partial charge in [-0.25, -0.2) is 4.79 Å². The summed E-state index contributed by atoms with van der Waals surface area (Å²) >= 11 is 0. The number of benzene rings is 2. The largest absolute Gasteiger partial charge is 0.489 e. The van der Waals surface area contributed by atoms with E-state index in [1.165, 1.54) is 7.05 Å². The summed E-state index contributed by atoms with van der Waals surface area (Å²) in [5.41, 5.74) is 11.6. The Balaban J connectivity index is 2.14. The molecule has 0 atom stereocenters. The summed E-state index contributed by atoms with van der Waals surface area (Å²) in [6.45, 7) is 6.57. The summed E-state index contributed by atoms with van der Waals surface area (Å²) in [5.74, 6) is 6.40. The van der Waals surface area contributed by atoms with E-state index in [4.69, 9.17) is 15.7 Å². The normalized spacial score (nSPS) is 10.2. The number of allylic oxidation sites excluding steroid dienone is 1. The molecule has 0 aliphatic carbocycles. The van der Waals surface area contributed by atoms with Crippen LogP contribution in [0.4, 0.5) is 10.5 Å². The first-order valence-electron chi connectivity index (χ1n) is 10.6. The van der Waals surface area contributed by atoms with Gasteiger partial charge in [0.25, 0.3) is 0 Å². The lowest BCUT2D eigenvalue weighted by Gasteiger charge is -2.18. The molecule has 0 aliphatic heterocycles. The predicted molar refractivity (Wildman–Crippen MR) is 131 cm³/mol. The lowest BCUT2D eigenvalue weighted by atomic mass is 10.0. The summed E-state index contributed by atoms with van der Waals surface area (Å²) in [6, 6.07) is 10.8. The van der Waals surface area contributed by atoms with Crippen LogP contribution in [-0.4, -0.2) is 30.3 Å². The molecule has 0 radical (unpaired) electrons. The number of hydrogen-bond acceptors (Lipinski definition) is 6. The molecule has 2 aromatic rings. The molecule has 0 aliphatic rings. The number of ether oxygens (including phenoxy) is 1. The smallest absolute Gasteiger partial charge is 0.343 e. The SMILES string of the molecule is CC#CCN/C=C\C(=N)c1ccc(OCc2c(CC)cccc2NC(=O)N(C)N=N)c(C)c1. The van der Waals surface area contributed by atoms with Crippen molar-refractivity contribution in [2.45, 2.75) is 33.8 Å². The van der Waals surface area contributed by atoms with Gasteiger partial charge in [0, 0.05) is 18.3 Å². The minimum absolute atomic E-state index is 0.265. The molecule has 8 nitrogen and oxygen atoms in total. The molecule has 172 valence electrons. The van der Waals surface area contributed by atoms with Crippen LogP contribution in [0.15, 0.2) is 53.9 Å². The first-order valence-corrected chi connectivity index (χ1v) is 10.6. The number of anilines is 1. The molecule has 0 heterocycles. The highest BCUT2D eigenvalue weighted by molar-refractivity contribution is 6.06. The van der Waals surface area contributed by atoms with Crippen molar-refractivity contribution in [3.8, 4) is 17.6 Å². The molecular weight excluding hydrogens is 416 g/mol. The van der Waals surface area contributed by atoms with Crippen molar-refractivity contribution in [1.29, 1.82) is 10.9 Å². The number of nitrogens with zero attached hydrogens (tertiary/aromatic N) is 2. The Labute approximate surface area is 195 Å². The first kappa shape index (κ1) is 25.1. The van der Waals surface area contributed by atoms with Crippen LogP contribution >= 0.6 is 0 Å². The number of nitrogens with one attached hydrogen (secondary N) is 4. The number of rotatable bonds is 10. The second kappa shape index (κ2) is 12.7. The van der Waals surface area contributed by atoms with E-state index in [1.807, 2.05) is 44.2 Å². The molecule has 8 heteroatoms. The molecule has 0 saturated heterocycles. The maximum atomic E-state index is 12.2. The highest BCUT2D eigenvalue weighted by atomic mass is 16.5. The van der Waals surface area contributed by atoms with Crippen molar-refractivity contribution in [2.24, 2.45) is 5.22 Å². The molecular formula is C25H30N6O2. The zero-order valence-electron chi connectivity index (χ0n) is 19.5. The Hall–Kier alpha value is -4.12. The van der Waals surface area contributed by atoms with E-state index in [1.54, 1.807) is 25.3 Å². The second-order valence-corrected chi connectivity index (χ2v) is 7.17. The molecule has 4 N–H and O–H groups in total. The lowest BCUT2D eigenvalue weighted by Crippen LogP contribution is -2.27. The molecule has 0 unspecified atom stereocenters. The Bertz CT molecular complexity index is 1100. The number of carbonyl (C=O) groups excluding carboxylic acids is 1. The summed E-state index contributed by atoms with van der Waals surface area (Å²) in [5, 5.41) is 18.1. The van der Waals surface area contributed by atoms with Gasteiger partial charge in [0.15, 0.2) is 0 Å². The standard InChI is InChI=1S/C25H30N6O2/c1-5-7-14-28-15-13-22(26)20-11-12-24(18(3)16-20)33-17-21-19(6-2)9-8-10-23(21)29-25(32)31(4)30-27/h8-13,15-16,26-28H,6,14,17H2,1-4H3,(H,29,32)/b15-13-,26-22?,30-27?. The average Bonchev–Trinajstić information content (AvgIpc) is 2.82. The molecule has 33 heavy (non-hydrogen) atoms. The second-order valence-electron chi connectivity index (χ2n) is 7.17. The van der Waals surface area contributed by atoms with Gasteiger partial charge in [-0.3, -0.25) is 0 Å². The van der Waals surface area contributed by atoms with Crippen molar-refractivity contribution < 1.29 is 9.53 Å². The quantitative estimate of drug-likeness (QED) is 0.135. The number of carbonyl (C=O) groups is 1. The maximum absolute atomic E-state index is 12.2. The molecule has 0 bridgehead atoms. The van der Waals surface area contributed by atoms with Gasteiger partial charge in [0.1, 0.15) is 12.4 Å². The molecule has 0 saturated carbocycles. The van der Waals surface area contributed by atoms with Crippen molar-refractivity contribution in [3.05, 3.63) is 70.9 Å². The maximum Gasteiger partial charge on any atom is 0.343 e. The third-order valence-electron chi connectivity index (χ3n) is 4.93. The molecule has 0 spiro atoms. The van der Waals surface area contributed by atoms with E-state index < -0.39 is 6.03 Å². The van der Waals surface area contributed by atoms with Crippen LogP contribution in [-0.2, 0) is 13.0 Å². The molecule has 2 amide bonds. The van der Waals surface area contributed by atoms with Crippen molar-refractivity contribution in [3.63, 3.8) is 0 Å². The van der Waals surface area contributed by atoms with Crippen LogP contribution in [0.3, 0.4) is 0 Å². The van der Waals surface area contributed by atoms with Crippen LogP contribution in [0.1, 0.15) is 36.1 Å². The first-order chi connectivity index (χ1) is 15.9. The van der Waals surface area contributed by atoms with E-state index in [2.05, 4.69) is 27.7 Å². The highest BCUT2D eigenvalue weighted by Crippen LogP contribution is 2.26. The topological polar surface area (TPSA) is 114 Å². The predicted octanol–water partition coefficient (Wildman–Crippen LogP) is 5.04. The number of aryl methyl sites for hydroxylation is 2. The van der Waals surface area contributed by atoms with Crippen LogP contribution in [0, 0.1) is 29.7 Å². The van der Waals surface area contributed by atoms with Gasteiger partial charge >= 0.3 is 6.03 Å². The van der Waals surface area contributed by atoms with Gasteiger partial charge in [-0.05, 0) is 73.5 Å². The monoisotopic (exact) mass is 446 g/mol. The lowest BCUT2D eigenvalue weighted by molar-refractivity contribution is 0.220. The van der Waals surface area contributed by atoms with E-state index >= 15 is 0 Å². The van der Waals surface area contributed by atoms with E-state index in [9.17, 15) is 4.79 Å². The summed E-state index contributed by atoms with van der Waals surface area (Å²) in [4.78, 5) is 12.2. The zero-order valence-corrected chi connectivity index (χ0v) is 19.5. The molecule has 2 rings (SSSR count). The Kier molecular flexibility index (Phi) is 9.65. The van der Waals surface area contributed by atoms with Crippen LogP contribution in [0.25, 0.3) is 0 Å². The van der Waals surface area contributed by atoms with E-state index in [0.29, 0.717) is 23.7 Å². The number of urea groups is 1. The van der Waals surface area contributed by atoms with Crippen LogP contribution in [0.2, 0.25) is 0 Å². The summed E-state index contributed by atoms with van der Waals surface area (Å²) in [7, 11) is 1.41. The fourth-order valence-electron chi connectivity index (χ4n) is 3.06. The summed E-state index contributed by atoms with van der Waals surface area (Å²) in [6.07, 6.45) is 4.19. The zero-order chi connectivity index (χ0) is 24.2. The third kappa shape index (κ3) is 7.21. The van der Waals surface area contributed by atoms with E-state index in [-0.39, 0.29) is 6.61 Å². The molecule has 0 aromatic heterocycles. The van der Waals surface area contributed by atoms with Gasteiger partial charge in [-0.15, -0.1) is 5.92 Å². The van der Waals surface area contributed by atoms with Gasteiger partial charge < -0.3 is 20.8 Å². The molecule has 2 aromatic carbocycles. The van der Waals surface area contributed by atoms with Crippen molar-refractivity contribution in [2.75, 3.05) is 18.9 Å². The third-order valence-corrected chi connectivity index (χ3v) is 4.93. The number of hydrogen-bond donors (Lipinski definition) is 4. The van der Waals surface area contributed by atoms with Gasteiger partial charge in [-0.2, -0.15) is 10.5 Å². The Morgan fingerprint density at radius 1 is 1.30 bits per heavy atom. The van der Waals surface area contributed by atoms with E-state index in [0.717, 1.165) is 33.7 Å². The minimum Gasteiger partial charge on any atom is -0.489 e. The molecule has 0 fully saturated rings. The fraction of sp³-hybridized carbons (Fsp3) is 0.280. The van der Waals surface area contributed by atoms with Crippen LogP contribution in [0.5, 0.6) is 5.75 Å². The highest BCUT2D eigenvalue weighted by Gasteiger charge is 2.14. The summed E-state index contributed by atoms with van der Waals surface area (Å²) < 4.78 is 6.09. The van der Waals surface area contributed by atoms with Crippen LogP contribution < -0.4 is 15.4 Å². The van der Waals surface area contributed by atoms with Crippen molar-refractivity contribution >= 4 is 17.4 Å². The number of amides is 2. The average molecular weight is 447 g/mol. The van der Waals surface area contributed by atoms with Gasteiger partial charge in [0.2, 0.25) is 0 Å².